The summed E-state index contributed by atoms with van der Waals surface area (Å²) in [6, 6.07) is 0.417. The van der Waals surface area contributed by atoms with Crippen molar-refractivity contribution in [1.82, 2.24) is 4.90 Å². The highest BCUT2D eigenvalue weighted by Crippen LogP contribution is 2.27. The first kappa shape index (κ1) is 9.44. The number of aliphatic hydroxyl groups is 1. The average molecular weight is 185 g/mol. The first-order valence-electron chi connectivity index (χ1n) is 5.26. The Kier molecular flexibility index (Phi) is 2.86. The topological polar surface area (TPSA) is 32.7 Å². The fraction of sp³-hybridized carbons (Fsp3) is 1.00. The number of nitrogens with zero attached hydrogens (tertiary/aromatic N) is 1. The van der Waals surface area contributed by atoms with E-state index in [2.05, 4.69) is 4.90 Å². The Morgan fingerprint density at radius 1 is 1.23 bits per heavy atom. The average Bonchev–Trinajstić information content (AvgIpc) is 2.06. The molecule has 1 saturated heterocycles. The van der Waals surface area contributed by atoms with E-state index in [4.69, 9.17) is 4.74 Å². The van der Waals surface area contributed by atoms with Crippen LogP contribution in [0, 0.1) is 0 Å². The van der Waals surface area contributed by atoms with E-state index >= 15 is 0 Å². The van der Waals surface area contributed by atoms with E-state index in [1.165, 1.54) is 12.8 Å². The van der Waals surface area contributed by atoms with Crippen molar-refractivity contribution in [3.8, 4) is 0 Å². The van der Waals surface area contributed by atoms with Crippen molar-refractivity contribution >= 4 is 0 Å². The van der Waals surface area contributed by atoms with Crippen LogP contribution in [0.15, 0.2) is 0 Å². The molecule has 0 unspecified atom stereocenters. The van der Waals surface area contributed by atoms with E-state index < -0.39 is 0 Å². The maximum absolute atomic E-state index is 9.78. The normalized spacial score (nSPS) is 37.4. The zero-order chi connectivity index (χ0) is 9.26. The van der Waals surface area contributed by atoms with E-state index in [1.54, 1.807) is 7.11 Å². The second kappa shape index (κ2) is 3.95. The lowest BCUT2D eigenvalue weighted by Crippen LogP contribution is -2.59. The predicted octanol–water partition coefficient (Wildman–Crippen LogP) is 0.620. The maximum atomic E-state index is 9.78. The van der Waals surface area contributed by atoms with E-state index in [9.17, 15) is 5.11 Å². The molecular formula is C10H19NO2. The second-order valence-corrected chi connectivity index (χ2v) is 4.23. The van der Waals surface area contributed by atoms with Gasteiger partial charge in [0.25, 0.3) is 0 Å². The summed E-state index contributed by atoms with van der Waals surface area (Å²) in [6.45, 7) is 2.02. The highest BCUT2D eigenvalue weighted by Gasteiger charge is 2.36. The lowest BCUT2D eigenvalue weighted by atomic mass is 9.89. The van der Waals surface area contributed by atoms with Gasteiger partial charge in [0, 0.05) is 26.2 Å². The summed E-state index contributed by atoms with van der Waals surface area (Å²) < 4.78 is 5.22. The molecule has 0 bridgehead atoms. The Morgan fingerprint density at radius 3 is 2.54 bits per heavy atom. The fourth-order valence-electron chi connectivity index (χ4n) is 2.41. The first-order chi connectivity index (χ1) is 6.31. The van der Waals surface area contributed by atoms with Crippen LogP contribution in [0.2, 0.25) is 0 Å². The molecule has 3 nitrogen and oxygen atoms in total. The summed E-state index contributed by atoms with van der Waals surface area (Å²) in [5.74, 6) is 0. The summed E-state index contributed by atoms with van der Waals surface area (Å²) in [6.07, 6.45) is 4.94. The van der Waals surface area contributed by atoms with Gasteiger partial charge >= 0.3 is 0 Å². The zero-order valence-corrected chi connectivity index (χ0v) is 8.28. The van der Waals surface area contributed by atoms with Crippen molar-refractivity contribution in [3.05, 3.63) is 0 Å². The number of ether oxygens (including phenoxy) is 1. The number of hydrogen-bond donors (Lipinski definition) is 1. The minimum Gasteiger partial charge on any atom is -0.391 e. The Morgan fingerprint density at radius 2 is 1.92 bits per heavy atom. The third-order valence-electron chi connectivity index (χ3n) is 3.37. The molecule has 2 aliphatic rings. The largest absolute Gasteiger partial charge is 0.391 e. The summed E-state index contributed by atoms with van der Waals surface area (Å²) in [5.41, 5.74) is 0. The Hall–Kier alpha value is -0.120. The van der Waals surface area contributed by atoms with E-state index in [1.807, 2.05) is 0 Å². The van der Waals surface area contributed by atoms with Gasteiger partial charge in [0.2, 0.25) is 0 Å². The molecule has 2 rings (SSSR count). The van der Waals surface area contributed by atoms with Crippen molar-refractivity contribution in [2.24, 2.45) is 0 Å². The molecule has 1 aliphatic heterocycles. The molecule has 76 valence electrons. The lowest BCUT2D eigenvalue weighted by molar-refractivity contribution is -0.0872. The van der Waals surface area contributed by atoms with Crippen LogP contribution >= 0.6 is 0 Å². The van der Waals surface area contributed by atoms with Crippen LogP contribution in [-0.2, 0) is 4.74 Å². The van der Waals surface area contributed by atoms with E-state index in [-0.39, 0.29) is 6.10 Å². The van der Waals surface area contributed by atoms with Crippen LogP contribution in [0.1, 0.15) is 25.7 Å². The molecule has 0 amide bonds. The minimum atomic E-state index is -0.0912. The van der Waals surface area contributed by atoms with Gasteiger partial charge in [-0.2, -0.15) is 0 Å². The zero-order valence-electron chi connectivity index (χ0n) is 8.28. The van der Waals surface area contributed by atoms with Crippen molar-refractivity contribution in [2.75, 3.05) is 20.2 Å². The highest BCUT2D eigenvalue weighted by atomic mass is 16.5. The lowest BCUT2D eigenvalue weighted by Gasteiger charge is -2.46. The van der Waals surface area contributed by atoms with Crippen LogP contribution in [0.4, 0.5) is 0 Å². The van der Waals surface area contributed by atoms with Gasteiger partial charge in [-0.25, -0.2) is 0 Å². The van der Waals surface area contributed by atoms with Gasteiger partial charge in [-0.05, 0) is 12.8 Å². The van der Waals surface area contributed by atoms with Gasteiger partial charge in [0.1, 0.15) is 0 Å². The van der Waals surface area contributed by atoms with Gasteiger partial charge in [0.15, 0.2) is 0 Å². The maximum Gasteiger partial charge on any atom is 0.0825 e. The number of methoxy groups -OCH3 is 1. The minimum absolute atomic E-state index is 0.0912. The van der Waals surface area contributed by atoms with Gasteiger partial charge in [-0.3, -0.25) is 4.90 Å². The smallest absolute Gasteiger partial charge is 0.0825 e. The quantitative estimate of drug-likeness (QED) is 0.684. The molecule has 2 atom stereocenters. The monoisotopic (exact) mass is 185 g/mol. The molecule has 2 fully saturated rings. The molecule has 1 aliphatic carbocycles. The van der Waals surface area contributed by atoms with Crippen LogP contribution in [0.25, 0.3) is 0 Å². The molecular weight excluding hydrogens is 166 g/mol. The molecule has 0 aromatic carbocycles. The summed E-state index contributed by atoms with van der Waals surface area (Å²) in [4.78, 5) is 2.36. The Bertz CT molecular complexity index is 168. The highest BCUT2D eigenvalue weighted by molar-refractivity contribution is 4.91. The van der Waals surface area contributed by atoms with Crippen molar-refractivity contribution in [1.29, 1.82) is 0 Å². The van der Waals surface area contributed by atoms with Gasteiger partial charge < -0.3 is 9.84 Å². The van der Waals surface area contributed by atoms with Gasteiger partial charge in [-0.15, -0.1) is 0 Å². The first-order valence-corrected chi connectivity index (χ1v) is 5.26. The third-order valence-corrected chi connectivity index (χ3v) is 3.37. The molecule has 1 heterocycles. The summed E-state index contributed by atoms with van der Waals surface area (Å²) in [7, 11) is 1.76. The van der Waals surface area contributed by atoms with Crippen LogP contribution in [0.5, 0.6) is 0 Å². The SMILES string of the molecule is COC1CN([C@H]2CCCC[C@@H]2O)C1. The standard InChI is InChI=1S/C10H19NO2/c1-13-8-6-11(7-8)9-4-2-3-5-10(9)12/h8-10,12H,2-7H2,1H3/t9-,10-/m0/s1. The van der Waals surface area contributed by atoms with Gasteiger partial charge in [-0.1, -0.05) is 12.8 Å². The molecule has 1 N–H and O–H groups in total. The molecule has 0 spiro atoms. The molecule has 13 heavy (non-hydrogen) atoms. The number of likely N-dealkylation sites (tertiary alicyclic amines) is 1. The Balaban J connectivity index is 1.80. The molecule has 0 radical (unpaired) electrons. The number of rotatable bonds is 2. The van der Waals surface area contributed by atoms with Crippen LogP contribution in [0.3, 0.4) is 0 Å². The predicted molar refractivity (Wildman–Crippen MR) is 50.6 cm³/mol. The van der Waals surface area contributed by atoms with Crippen molar-refractivity contribution in [2.45, 2.75) is 43.9 Å². The van der Waals surface area contributed by atoms with Crippen molar-refractivity contribution < 1.29 is 9.84 Å². The molecule has 3 heteroatoms. The van der Waals surface area contributed by atoms with Crippen molar-refractivity contribution in [3.63, 3.8) is 0 Å². The number of aliphatic hydroxyl groups excluding tert-OH is 1. The third kappa shape index (κ3) is 1.87. The summed E-state index contributed by atoms with van der Waals surface area (Å²) >= 11 is 0. The van der Waals surface area contributed by atoms with Crippen LogP contribution in [-0.4, -0.2) is 48.5 Å². The molecule has 1 saturated carbocycles. The van der Waals surface area contributed by atoms with Crippen LogP contribution < -0.4 is 0 Å². The fourth-order valence-corrected chi connectivity index (χ4v) is 2.41. The summed E-state index contributed by atoms with van der Waals surface area (Å²) in [5, 5.41) is 9.78. The Labute approximate surface area is 79.7 Å². The second-order valence-electron chi connectivity index (χ2n) is 4.23. The molecule has 0 aromatic heterocycles. The molecule has 0 aromatic rings. The van der Waals surface area contributed by atoms with Gasteiger partial charge in [0.05, 0.1) is 12.2 Å². The van der Waals surface area contributed by atoms with E-state index in [0.717, 1.165) is 25.9 Å². The van der Waals surface area contributed by atoms with E-state index in [0.29, 0.717) is 12.1 Å². The number of hydrogen-bond acceptors (Lipinski definition) is 3.